The van der Waals surface area contributed by atoms with E-state index in [1.807, 2.05) is 31.2 Å². The van der Waals surface area contributed by atoms with Crippen molar-refractivity contribution in [1.82, 2.24) is 16.0 Å². The van der Waals surface area contributed by atoms with Crippen LogP contribution in [0.15, 0.2) is 53.5 Å². The summed E-state index contributed by atoms with van der Waals surface area (Å²) in [6.07, 6.45) is 1.32. The molecule has 0 unspecified atom stereocenters. The van der Waals surface area contributed by atoms with Gasteiger partial charge in [-0.2, -0.15) is 0 Å². The molecule has 1 amide bonds. The van der Waals surface area contributed by atoms with E-state index in [0.29, 0.717) is 36.6 Å². The molecule has 0 aliphatic heterocycles. The lowest BCUT2D eigenvalue weighted by Crippen LogP contribution is -2.38. The van der Waals surface area contributed by atoms with E-state index in [4.69, 9.17) is 0 Å². The SMILES string of the molecule is CCNC(=NCCc1ccccc1F)NCCc1cccc(C(=O)NC)c1. The average molecular weight is 370 g/mol. The van der Waals surface area contributed by atoms with Gasteiger partial charge in [0, 0.05) is 32.2 Å². The third kappa shape index (κ3) is 6.73. The number of carbonyl (C=O) groups is 1. The lowest BCUT2D eigenvalue weighted by atomic mass is 10.1. The summed E-state index contributed by atoms with van der Waals surface area (Å²) < 4.78 is 13.7. The molecule has 0 bridgehead atoms. The lowest BCUT2D eigenvalue weighted by molar-refractivity contribution is 0.0963. The molecule has 0 heterocycles. The molecule has 0 spiro atoms. The quantitative estimate of drug-likeness (QED) is 0.494. The van der Waals surface area contributed by atoms with Crippen LogP contribution in [-0.2, 0) is 12.8 Å². The van der Waals surface area contributed by atoms with Crippen molar-refractivity contribution in [2.45, 2.75) is 19.8 Å². The fourth-order valence-electron chi connectivity index (χ4n) is 2.67. The monoisotopic (exact) mass is 370 g/mol. The maximum Gasteiger partial charge on any atom is 0.251 e. The average Bonchev–Trinajstić information content (AvgIpc) is 2.69. The van der Waals surface area contributed by atoms with Crippen molar-refractivity contribution in [2.24, 2.45) is 4.99 Å². The van der Waals surface area contributed by atoms with E-state index in [1.165, 1.54) is 6.07 Å². The molecule has 0 radical (unpaired) electrons. The number of nitrogens with zero attached hydrogens (tertiary/aromatic N) is 1. The van der Waals surface area contributed by atoms with Crippen molar-refractivity contribution in [3.63, 3.8) is 0 Å². The van der Waals surface area contributed by atoms with Crippen molar-refractivity contribution in [3.05, 3.63) is 71.0 Å². The molecule has 0 saturated heterocycles. The topological polar surface area (TPSA) is 65.5 Å². The summed E-state index contributed by atoms with van der Waals surface area (Å²) in [4.78, 5) is 16.2. The molecule has 0 aliphatic carbocycles. The first-order chi connectivity index (χ1) is 13.1. The smallest absolute Gasteiger partial charge is 0.251 e. The highest BCUT2D eigenvalue weighted by atomic mass is 19.1. The van der Waals surface area contributed by atoms with Gasteiger partial charge in [0.05, 0.1) is 0 Å². The fraction of sp³-hybridized carbons (Fsp3) is 0.333. The molecule has 2 rings (SSSR count). The van der Waals surface area contributed by atoms with Crippen LogP contribution in [0.3, 0.4) is 0 Å². The Morgan fingerprint density at radius 3 is 2.63 bits per heavy atom. The van der Waals surface area contributed by atoms with E-state index in [0.717, 1.165) is 18.5 Å². The summed E-state index contributed by atoms with van der Waals surface area (Å²) in [6, 6.07) is 14.3. The predicted octanol–water partition coefficient (Wildman–Crippen LogP) is 2.53. The molecule has 27 heavy (non-hydrogen) atoms. The van der Waals surface area contributed by atoms with Gasteiger partial charge in [-0.3, -0.25) is 9.79 Å². The minimum Gasteiger partial charge on any atom is -0.357 e. The van der Waals surface area contributed by atoms with E-state index in [-0.39, 0.29) is 11.7 Å². The third-order valence-electron chi connectivity index (χ3n) is 4.08. The molecular formula is C21H27FN4O. The van der Waals surface area contributed by atoms with Gasteiger partial charge in [-0.05, 0) is 49.1 Å². The second-order valence-electron chi connectivity index (χ2n) is 6.06. The molecule has 2 aromatic carbocycles. The van der Waals surface area contributed by atoms with Crippen molar-refractivity contribution in [3.8, 4) is 0 Å². The van der Waals surface area contributed by atoms with Gasteiger partial charge < -0.3 is 16.0 Å². The molecule has 0 fully saturated rings. The van der Waals surface area contributed by atoms with Gasteiger partial charge in [-0.25, -0.2) is 4.39 Å². The number of carbonyl (C=O) groups excluding carboxylic acids is 1. The molecule has 3 N–H and O–H groups in total. The van der Waals surface area contributed by atoms with Gasteiger partial charge in [-0.15, -0.1) is 0 Å². The zero-order valence-electron chi connectivity index (χ0n) is 15.9. The maximum atomic E-state index is 13.7. The first kappa shape index (κ1) is 20.4. The highest BCUT2D eigenvalue weighted by molar-refractivity contribution is 5.94. The van der Waals surface area contributed by atoms with Crippen molar-refractivity contribution >= 4 is 11.9 Å². The number of amides is 1. The standard InChI is InChI=1S/C21H27FN4O/c1-3-24-21(26-14-12-17-8-4-5-10-19(17)22)25-13-11-16-7-6-9-18(15-16)20(27)23-2/h4-10,15H,3,11-14H2,1-2H3,(H,23,27)(H2,24,25,26). The first-order valence-electron chi connectivity index (χ1n) is 9.20. The third-order valence-corrected chi connectivity index (χ3v) is 4.08. The van der Waals surface area contributed by atoms with Gasteiger partial charge in [0.1, 0.15) is 5.82 Å². The van der Waals surface area contributed by atoms with E-state index >= 15 is 0 Å². The number of hydrogen-bond acceptors (Lipinski definition) is 2. The number of aliphatic imine (C=N–C) groups is 1. The second kappa shape index (κ2) is 11.0. The Labute approximate surface area is 160 Å². The first-order valence-corrected chi connectivity index (χ1v) is 9.20. The molecule has 144 valence electrons. The number of hydrogen-bond donors (Lipinski definition) is 3. The zero-order chi connectivity index (χ0) is 19.5. The van der Waals surface area contributed by atoms with Gasteiger partial charge >= 0.3 is 0 Å². The summed E-state index contributed by atoms with van der Waals surface area (Å²) in [5.41, 5.74) is 2.40. The summed E-state index contributed by atoms with van der Waals surface area (Å²) in [5.74, 6) is 0.422. The minimum absolute atomic E-state index is 0.0899. The maximum absolute atomic E-state index is 13.7. The van der Waals surface area contributed by atoms with E-state index in [9.17, 15) is 9.18 Å². The van der Waals surface area contributed by atoms with Crippen LogP contribution in [0.5, 0.6) is 0 Å². The summed E-state index contributed by atoms with van der Waals surface area (Å²) in [7, 11) is 1.62. The van der Waals surface area contributed by atoms with Crippen molar-refractivity contribution < 1.29 is 9.18 Å². The van der Waals surface area contributed by atoms with Gasteiger partial charge in [-0.1, -0.05) is 30.3 Å². The number of guanidine groups is 1. The van der Waals surface area contributed by atoms with Crippen LogP contribution in [0.25, 0.3) is 0 Å². The number of halogens is 1. The number of nitrogens with one attached hydrogen (secondary N) is 3. The molecule has 2 aromatic rings. The van der Waals surface area contributed by atoms with Gasteiger partial charge in [0.2, 0.25) is 0 Å². The predicted molar refractivity (Wildman–Crippen MR) is 108 cm³/mol. The van der Waals surface area contributed by atoms with Crippen LogP contribution in [-0.4, -0.2) is 38.5 Å². The van der Waals surface area contributed by atoms with Crippen molar-refractivity contribution in [1.29, 1.82) is 0 Å². The van der Waals surface area contributed by atoms with Crippen LogP contribution in [0.1, 0.15) is 28.4 Å². The molecule has 0 atom stereocenters. The van der Waals surface area contributed by atoms with E-state index in [1.54, 1.807) is 25.2 Å². The molecule has 0 aliphatic rings. The normalized spacial score (nSPS) is 11.1. The van der Waals surface area contributed by atoms with Crippen LogP contribution in [0.4, 0.5) is 4.39 Å². The molecule has 5 nitrogen and oxygen atoms in total. The summed E-state index contributed by atoms with van der Waals surface area (Å²) in [5, 5.41) is 9.10. The Bertz CT molecular complexity index is 776. The highest BCUT2D eigenvalue weighted by Gasteiger charge is 2.04. The lowest BCUT2D eigenvalue weighted by Gasteiger charge is -2.12. The zero-order valence-corrected chi connectivity index (χ0v) is 15.9. The van der Waals surface area contributed by atoms with Gasteiger partial charge in [0.25, 0.3) is 5.91 Å². The Kier molecular flexibility index (Phi) is 8.29. The second-order valence-corrected chi connectivity index (χ2v) is 6.06. The summed E-state index contributed by atoms with van der Waals surface area (Å²) >= 11 is 0. The van der Waals surface area contributed by atoms with Crippen molar-refractivity contribution in [2.75, 3.05) is 26.7 Å². The number of rotatable bonds is 8. The number of benzene rings is 2. The van der Waals surface area contributed by atoms with E-state index in [2.05, 4.69) is 20.9 Å². The van der Waals surface area contributed by atoms with Crippen LogP contribution in [0, 0.1) is 5.82 Å². The Morgan fingerprint density at radius 1 is 1.07 bits per heavy atom. The Balaban J connectivity index is 1.87. The largest absolute Gasteiger partial charge is 0.357 e. The molecule has 6 heteroatoms. The van der Waals surface area contributed by atoms with Crippen LogP contribution >= 0.6 is 0 Å². The van der Waals surface area contributed by atoms with Crippen LogP contribution in [0.2, 0.25) is 0 Å². The molecule has 0 aromatic heterocycles. The highest BCUT2D eigenvalue weighted by Crippen LogP contribution is 2.07. The molecule has 0 saturated carbocycles. The fourth-order valence-corrected chi connectivity index (χ4v) is 2.67. The Morgan fingerprint density at radius 2 is 1.89 bits per heavy atom. The van der Waals surface area contributed by atoms with E-state index < -0.39 is 0 Å². The minimum atomic E-state index is -0.193. The summed E-state index contributed by atoms with van der Waals surface area (Å²) in [6.45, 7) is 3.93. The Hall–Kier alpha value is -2.89. The van der Waals surface area contributed by atoms with Crippen LogP contribution < -0.4 is 16.0 Å². The van der Waals surface area contributed by atoms with Gasteiger partial charge in [0.15, 0.2) is 5.96 Å². The molecular weight excluding hydrogens is 343 g/mol.